The third kappa shape index (κ3) is 7.27. The van der Waals surface area contributed by atoms with Gasteiger partial charge in [0, 0.05) is 22.6 Å². The normalized spacial score (nSPS) is 11.9. The van der Waals surface area contributed by atoms with Gasteiger partial charge in [0.2, 0.25) is 0 Å². The SMILES string of the molecule is CC(C)NCc1cc(Br)ccc1OCCOC(C)(C)C. The van der Waals surface area contributed by atoms with E-state index in [0.29, 0.717) is 19.3 Å². The van der Waals surface area contributed by atoms with Gasteiger partial charge in [0.25, 0.3) is 0 Å². The Labute approximate surface area is 131 Å². The van der Waals surface area contributed by atoms with Crippen molar-refractivity contribution in [3.63, 3.8) is 0 Å². The Balaban J connectivity index is 2.55. The van der Waals surface area contributed by atoms with Crippen molar-refractivity contribution in [2.75, 3.05) is 13.2 Å². The zero-order valence-corrected chi connectivity index (χ0v) is 14.7. The maximum Gasteiger partial charge on any atom is 0.123 e. The van der Waals surface area contributed by atoms with Gasteiger partial charge >= 0.3 is 0 Å². The van der Waals surface area contributed by atoms with Gasteiger partial charge in [-0.15, -0.1) is 0 Å². The lowest BCUT2D eigenvalue weighted by Crippen LogP contribution is -2.24. The Morgan fingerprint density at radius 3 is 2.50 bits per heavy atom. The van der Waals surface area contributed by atoms with Crippen LogP contribution in [0.4, 0.5) is 0 Å². The Morgan fingerprint density at radius 2 is 1.90 bits per heavy atom. The summed E-state index contributed by atoms with van der Waals surface area (Å²) in [7, 11) is 0. The van der Waals surface area contributed by atoms with Crippen molar-refractivity contribution in [2.24, 2.45) is 0 Å². The van der Waals surface area contributed by atoms with Crippen LogP contribution in [0.2, 0.25) is 0 Å². The first kappa shape index (κ1) is 17.5. The van der Waals surface area contributed by atoms with E-state index in [1.54, 1.807) is 0 Å². The fourth-order valence-electron chi connectivity index (χ4n) is 1.64. The first-order valence-electron chi connectivity index (χ1n) is 7.06. The molecule has 0 amide bonds. The molecule has 4 heteroatoms. The zero-order chi connectivity index (χ0) is 15.2. The van der Waals surface area contributed by atoms with E-state index in [4.69, 9.17) is 9.47 Å². The maximum absolute atomic E-state index is 5.83. The summed E-state index contributed by atoms with van der Waals surface area (Å²) in [5, 5.41) is 3.41. The van der Waals surface area contributed by atoms with Crippen molar-refractivity contribution in [3.05, 3.63) is 28.2 Å². The van der Waals surface area contributed by atoms with Gasteiger partial charge in [0.05, 0.1) is 12.2 Å². The predicted molar refractivity (Wildman–Crippen MR) is 87.3 cm³/mol. The summed E-state index contributed by atoms with van der Waals surface area (Å²) in [6.45, 7) is 12.4. The van der Waals surface area contributed by atoms with Crippen molar-refractivity contribution in [1.29, 1.82) is 0 Å². The summed E-state index contributed by atoms with van der Waals surface area (Å²) < 4.78 is 12.6. The number of rotatable bonds is 7. The average Bonchev–Trinajstić information content (AvgIpc) is 2.32. The Kier molecular flexibility index (Phi) is 7.00. The summed E-state index contributed by atoms with van der Waals surface area (Å²) in [6.07, 6.45) is 0. The molecule has 0 unspecified atom stereocenters. The van der Waals surface area contributed by atoms with Crippen molar-refractivity contribution in [3.8, 4) is 5.75 Å². The third-order valence-electron chi connectivity index (χ3n) is 2.60. The fourth-order valence-corrected chi connectivity index (χ4v) is 2.05. The van der Waals surface area contributed by atoms with Crippen LogP contribution >= 0.6 is 15.9 Å². The molecule has 114 valence electrons. The lowest BCUT2D eigenvalue weighted by atomic mass is 10.2. The van der Waals surface area contributed by atoms with Crippen molar-refractivity contribution in [1.82, 2.24) is 5.32 Å². The molecule has 0 fully saturated rings. The Hall–Kier alpha value is -0.580. The molecular formula is C16H26BrNO2. The quantitative estimate of drug-likeness (QED) is 0.754. The van der Waals surface area contributed by atoms with Gasteiger partial charge in [-0.2, -0.15) is 0 Å². The van der Waals surface area contributed by atoms with E-state index in [1.165, 1.54) is 0 Å². The van der Waals surface area contributed by atoms with Crippen LogP contribution in [0.25, 0.3) is 0 Å². The molecule has 0 radical (unpaired) electrons. The molecule has 1 aromatic rings. The van der Waals surface area contributed by atoms with Gasteiger partial charge in [0.15, 0.2) is 0 Å². The van der Waals surface area contributed by atoms with Gasteiger partial charge in [-0.1, -0.05) is 29.8 Å². The smallest absolute Gasteiger partial charge is 0.123 e. The van der Waals surface area contributed by atoms with E-state index >= 15 is 0 Å². The van der Waals surface area contributed by atoms with E-state index in [-0.39, 0.29) is 5.60 Å². The average molecular weight is 344 g/mol. The minimum Gasteiger partial charge on any atom is -0.491 e. The van der Waals surface area contributed by atoms with Crippen molar-refractivity contribution < 1.29 is 9.47 Å². The van der Waals surface area contributed by atoms with Crippen LogP contribution in [-0.4, -0.2) is 24.9 Å². The van der Waals surface area contributed by atoms with Gasteiger partial charge in [-0.3, -0.25) is 0 Å². The molecule has 0 bridgehead atoms. The van der Waals surface area contributed by atoms with Crippen molar-refractivity contribution in [2.45, 2.75) is 52.8 Å². The molecule has 1 rings (SSSR count). The lowest BCUT2D eigenvalue weighted by Gasteiger charge is -2.20. The maximum atomic E-state index is 5.83. The van der Waals surface area contributed by atoms with Crippen LogP contribution in [0, 0.1) is 0 Å². The molecule has 0 aliphatic heterocycles. The van der Waals surface area contributed by atoms with Crippen molar-refractivity contribution >= 4 is 15.9 Å². The molecule has 3 nitrogen and oxygen atoms in total. The van der Waals surface area contributed by atoms with Crippen LogP contribution < -0.4 is 10.1 Å². The summed E-state index contributed by atoms with van der Waals surface area (Å²) >= 11 is 3.50. The molecule has 0 aliphatic rings. The Morgan fingerprint density at radius 1 is 1.20 bits per heavy atom. The van der Waals surface area contributed by atoms with E-state index in [0.717, 1.165) is 22.3 Å². The largest absolute Gasteiger partial charge is 0.491 e. The van der Waals surface area contributed by atoms with Crippen LogP contribution in [0.5, 0.6) is 5.75 Å². The van der Waals surface area contributed by atoms with Gasteiger partial charge in [-0.05, 0) is 39.0 Å². The number of ether oxygens (including phenoxy) is 2. The molecular weight excluding hydrogens is 318 g/mol. The lowest BCUT2D eigenvalue weighted by molar-refractivity contribution is -0.0164. The van der Waals surface area contributed by atoms with E-state index in [9.17, 15) is 0 Å². The highest BCUT2D eigenvalue weighted by Gasteiger charge is 2.10. The molecule has 0 aliphatic carbocycles. The topological polar surface area (TPSA) is 30.5 Å². The van der Waals surface area contributed by atoms with Gasteiger partial charge in [0.1, 0.15) is 12.4 Å². The van der Waals surface area contributed by atoms with Gasteiger partial charge in [-0.25, -0.2) is 0 Å². The molecule has 1 N–H and O–H groups in total. The van der Waals surface area contributed by atoms with E-state index in [2.05, 4.69) is 41.2 Å². The van der Waals surface area contributed by atoms with Gasteiger partial charge < -0.3 is 14.8 Å². The second-order valence-corrected chi connectivity index (χ2v) is 7.01. The first-order chi connectivity index (χ1) is 9.28. The monoisotopic (exact) mass is 343 g/mol. The van der Waals surface area contributed by atoms with Crippen LogP contribution in [0.15, 0.2) is 22.7 Å². The number of halogens is 1. The highest BCUT2D eigenvalue weighted by Crippen LogP contribution is 2.23. The molecule has 0 spiro atoms. The number of nitrogens with one attached hydrogen (secondary N) is 1. The molecule has 0 atom stereocenters. The van der Waals surface area contributed by atoms with Crippen LogP contribution in [-0.2, 0) is 11.3 Å². The fraction of sp³-hybridized carbons (Fsp3) is 0.625. The highest BCUT2D eigenvalue weighted by atomic mass is 79.9. The van der Waals surface area contributed by atoms with Crippen LogP contribution in [0.1, 0.15) is 40.2 Å². The number of hydrogen-bond acceptors (Lipinski definition) is 3. The van der Waals surface area contributed by atoms with Crippen LogP contribution in [0.3, 0.4) is 0 Å². The molecule has 1 aromatic carbocycles. The predicted octanol–water partition coefficient (Wildman–Crippen LogP) is 4.14. The standard InChI is InChI=1S/C16H26BrNO2/c1-12(2)18-11-13-10-14(17)6-7-15(13)19-8-9-20-16(3,4)5/h6-7,10,12,18H,8-9,11H2,1-5H3. The summed E-state index contributed by atoms with van der Waals surface area (Å²) in [5.74, 6) is 0.916. The molecule has 0 saturated carbocycles. The molecule has 20 heavy (non-hydrogen) atoms. The summed E-state index contributed by atoms with van der Waals surface area (Å²) in [4.78, 5) is 0. The highest BCUT2D eigenvalue weighted by molar-refractivity contribution is 9.10. The molecule has 0 aromatic heterocycles. The summed E-state index contributed by atoms with van der Waals surface area (Å²) in [6, 6.07) is 6.54. The second-order valence-electron chi connectivity index (χ2n) is 6.10. The number of hydrogen-bond donors (Lipinski definition) is 1. The molecule has 0 saturated heterocycles. The number of benzene rings is 1. The minimum atomic E-state index is -0.120. The first-order valence-corrected chi connectivity index (χ1v) is 7.86. The zero-order valence-electron chi connectivity index (χ0n) is 13.1. The van der Waals surface area contributed by atoms with E-state index in [1.807, 2.05) is 32.9 Å². The summed E-state index contributed by atoms with van der Waals surface area (Å²) in [5.41, 5.74) is 1.04. The third-order valence-corrected chi connectivity index (χ3v) is 3.09. The Bertz CT molecular complexity index is 413. The molecule has 0 heterocycles. The second kappa shape index (κ2) is 8.01. The van der Waals surface area contributed by atoms with E-state index < -0.39 is 0 Å². The minimum absolute atomic E-state index is 0.120.